The van der Waals surface area contributed by atoms with E-state index in [1.165, 1.54) is 0 Å². The molecule has 0 saturated carbocycles. The van der Waals surface area contributed by atoms with Crippen molar-refractivity contribution in [1.29, 1.82) is 0 Å². The number of carbonyl (C=O) groups is 1. The van der Waals surface area contributed by atoms with Gasteiger partial charge in [0.25, 0.3) is 11.5 Å². The molecule has 0 aliphatic carbocycles. The Balaban J connectivity index is 1.77. The second-order valence-electron chi connectivity index (χ2n) is 6.62. The Labute approximate surface area is 152 Å². The van der Waals surface area contributed by atoms with Crippen molar-refractivity contribution in [3.8, 4) is 5.75 Å². The Morgan fingerprint density at radius 2 is 2.00 bits per heavy atom. The monoisotopic (exact) mass is 356 g/mol. The molecule has 0 bridgehead atoms. The SMILES string of the molecule is C=CCn1ccc2c(OCC(=O)N3CC(C)OC(C)C3)cccc2c1=O. The highest BCUT2D eigenvalue weighted by atomic mass is 16.5. The van der Waals surface area contributed by atoms with Crippen molar-refractivity contribution in [2.45, 2.75) is 32.6 Å². The number of fused-ring (bicyclic) bond motifs is 1. The van der Waals surface area contributed by atoms with Gasteiger partial charge in [-0.15, -0.1) is 6.58 Å². The third-order valence-electron chi connectivity index (χ3n) is 4.43. The van der Waals surface area contributed by atoms with Gasteiger partial charge in [0, 0.05) is 31.2 Å². The van der Waals surface area contributed by atoms with Crippen LogP contribution in [0, 0.1) is 0 Å². The first kappa shape index (κ1) is 18.2. The van der Waals surface area contributed by atoms with Crippen molar-refractivity contribution >= 4 is 16.7 Å². The van der Waals surface area contributed by atoms with Crippen molar-refractivity contribution in [3.63, 3.8) is 0 Å². The number of rotatable bonds is 5. The van der Waals surface area contributed by atoms with Gasteiger partial charge in [0.15, 0.2) is 6.61 Å². The molecule has 1 amide bonds. The van der Waals surface area contributed by atoms with Crippen molar-refractivity contribution in [2.24, 2.45) is 0 Å². The molecule has 3 rings (SSSR count). The van der Waals surface area contributed by atoms with Gasteiger partial charge in [-0.3, -0.25) is 9.59 Å². The van der Waals surface area contributed by atoms with Crippen LogP contribution in [0.15, 0.2) is 47.9 Å². The van der Waals surface area contributed by atoms with Crippen LogP contribution >= 0.6 is 0 Å². The minimum absolute atomic E-state index is 0.0172. The van der Waals surface area contributed by atoms with Gasteiger partial charge in [-0.2, -0.15) is 0 Å². The van der Waals surface area contributed by atoms with E-state index in [1.807, 2.05) is 19.9 Å². The van der Waals surface area contributed by atoms with Crippen LogP contribution in [0.4, 0.5) is 0 Å². The van der Waals surface area contributed by atoms with Gasteiger partial charge in [0.2, 0.25) is 0 Å². The summed E-state index contributed by atoms with van der Waals surface area (Å²) in [6.07, 6.45) is 3.43. The van der Waals surface area contributed by atoms with Crippen LogP contribution in [0.3, 0.4) is 0 Å². The molecule has 1 aliphatic rings. The van der Waals surface area contributed by atoms with Crippen molar-refractivity contribution in [2.75, 3.05) is 19.7 Å². The zero-order chi connectivity index (χ0) is 18.7. The molecule has 1 aliphatic heterocycles. The topological polar surface area (TPSA) is 60.8 Å². The third-order valence-corrected chi connectivity index (χ3v) is 4.43. The fourth-order valence-corrected chi connectivity index (χ4v) is 3.31. The number of ether oxygens (including phenoxy) is 2. The average Bonchev–Trinajstić information content (AvgIpc) is 2.61. The van der Waals surface area contributed by atoms with Crippen LogP contribution in [0.5, 0.6) is 5.75 Å². The summed E-state index contributed by atoms with van der Waals surface area (Å²) < 4.78 is 13.0. The molecule has 2 aromatic rings. The summed E-state index contributed by atoms with van der Waals surface area (Å²) >= 11 is 0. The molecule has 1 saturated heterocycles. The summed E-state index contributed by atoms with van der Waals surface area (Å²) in [5.74, 6) is 0.456. The highest BCUT2D eigenvalue weighted by molar-refractivity contribution is 5.88. The number of benzene rings is 1. The minimum Gasteiger partial charge on any atom is -0.483 e. The molecule has 138 valence electrons. The van der Waals surface area contributed by atoms with Gasteiger partial charge in [0.05, 0.1) is 17.6 Å². The lowest BCUT2D eigenvalue weighted by Crippen LogP contribution is -2.49. The van der Waals surface area contributed by atoms with E-state index in [1.54, 1.807) is 39.9 Å². The maximum absolute atomic E-state index is 12.5. The first-order valence-electron chi connectivity index (χ1n) is 8.78. The second-order valence-corrected chi connectivity index (χ2v) is 6.62. The predicted octanol–water partition coefficient (Wildman–Crippen LogP) is 2.20. The zero-order valence-electron chi connectivity index (χ0n) is 15.2. The summed E-state index contributed by atoms with van der Waals surface area (Å²) in [5.41, 5.74) is -0.102. The molecule has 1 fully saturated rings. The van der Waals surface area contributed by atoms with Gasteiger partial charge in [0.1, 0.15) is 5.75 Å². The van der Waals surface area contributed by atoms with Gasteiger partial charge < -0.3 is 18.9 Å². The summed E-state index contributed by atoms with van der Waals surface area (Å²) in [6.45, 7) is 9.09. The van der Waals surface area contributed by atoms with Crippen LogP contribution in [-0.4, -0.2) is 47.3 Å². The molecule has 1 aromatic carbocycles. The van der Waals surface area contributed by atoms with Gasteiger partial charge in [-0.25, -0.2) is 0 Å². The molecule has 0 N–H and O–H groups in total. The van der Waals surface area contributed by atoms with Crippen LogP contribution in [0.1, 0.15) is 13.8 Å². The lowest BCUT2D eigenvalue weighted by molar-refractivity contribution is -0.145. The number of hydrogen-bond donors (Lipinski definition) is 0. The fraction of sp³-hybridized carbons (Fsp3) is 0.400. The van der Waals surface area contributed by atoms with Crippen molar-refractivity contribution in [3.05, 3.63) is 53.5 Å². The number of aromatic nitrogens is 1. The number of carbonyl (C=O) groups excluding carboxylic acids is 1. The summed E-state index contributed by atoms with van der Waals surface area (Å²) in [5, 5.41) is 1.27. The van der Waals surface area contributed by atoms with Gasteiger partial charge in [-0.05, 0) is 32.0 Å². The normalized spacial score (nSPS) is 20.2. The average molecular weight is 356 g/mol. The van der Waals surface area contributed by atoms with Crippen molar-refractivity contribution in [1.82, 2.24) is 9.47 Å². The fourth-order valence-electron chi connectivity index (χ4n) is 3.31. The maximum Gasteiger partial charge on any atom is 0.260 e. The smallest absolute Gasteiger partial charge is 0.260 e. The van der Waals surface area contributed by atoms with Crippen LogP contribution < -0.4 is 10.3 Å². The van der Waals surface area contributed by atoms with Crippen molar-refractivity contribution < 1.29 is 14.3 Å². The van der Waals surface area contributed by atoms with E-state index in [0.717, 1.165) is 0 Å². The Kier molecular flexibility index (Phi) is 5.42. The van der Waals surface area contributed by atoms with E-state index in [4.69, 9.17) is 9.47 Å². The predicted molar refractivity (Wildman–Crippen MR) is 100 cm³/mol. The molecular formula is C20H24N2O4. The number of morpholine rings is 1. The summed E-state index contributed by atoms with van der Waals surface area (Å²) in [7, 11) is 0. The Hall–Kier alpha value is -2.60. The van der Waals surface area contributed by atoms with Crippen LogP contribution in [-0.2, 0) is 16.1 Å². The first-order chi connectivity index (χ1) is 12.5. The van der Waals surface area contributed by atoms with Crippen LogP contribution in [0.2, 0.25) is 0 Å². The quantitative estimate of drug-likeness (QED) is 0.771. The minimum atomic E-state index is -0.102. The standard InChI is InChI=1S/C20H24N2O4/c1-4-9-21-10-8-16-17(20(21)24)6-5-7-18(16)25-13-19(23)22-11-14(2)26-15(3)12-22/h4-8,10,14-15H,1,9,11-13H2,2-3H3. The number of pyridine rings is 1. The van der Waals surface area contributed by atoms with E-state index >= 15 is 0 Å². The molecular weight excluding hydrogens is 332 g/mol. The highest BCUT2D eigenvalue weighted by Gasteiger charge is 2.26. The third kappa shape index (κ3) is 3.80. The maximum atomic E-state index is 12.5. The van der Waals surface area contributed by atoms with Crippen LogP contribution in [0.25, 0.3) is 10.8 Å². The highest BCUT2D eigenvalue weighted by Crippen LogP contribution is 2.23. The molecule has 2 atom stereocenters. The largest absolute Gasteiger partial charge is 0.483 e. The van der Waals surface area contributed by atoms with E-state index in [0.29, 0.717) is 36.2 Å². The lowest BCUT2D eigenvalue weighted by atomic mass is 10.1. The van der Waals surface area contributed by atoms with E-state index in [2.05, 4.69) is 6.58 Å². The first-order valence-corrected chi connectivity index (χ1v) is 8.78. The van der Waals surface area contributed by atoms with Gasteiger partial charge >= 0.3 is 0 Å². The molecule has 0 radical (unpaired) electrons. The van der Waals surface area contributed by atoms with E-state index in [9.17, 15) is 9.59 Å². The number of hydrogen-bond acceptors (Lipinski definition) is 4. The summed E-state index contributed by atoms with van der Waals surface area (Å²) in [6, 6.07) is 7.13. The molecule has 2 heterocycles. The van der Waals surface area contributed by atoms with Gasteiger partial charge in [-0.1, -0.05) is 12.1 Å². The Morgan fingerprint density at radius 1 is 1.27 bits per heavy atom. The number of allylic oxidation sites excluding steroid dienone is 1. The van der Waals surface area contributed by atoms with E-state index in [-0.39, 0.29) is 30.3 Å². The summed E-state index contributed by atoms with van der Waals surface area (Å²) in [4.78, 5) is 26.7. The number of nitrogens with zero attached hydrogens (tertiary/aromatic N) is 2. The molecule has 6 heteroatoms. The molecule has 1 aromatic heterocycles. The Bertz CT molecular complexity index is 864. The zero-order valence-corrected chi connectivity index (χ0v) is 15.2. The second kappa shape index (κ2) is 7.74. The van der Waals surface area contributed by atoms with E-state index < -0.39 is 0 Å². The molecule has 26 heavy (non-hydrogen) atoms. The Morgan fingerprint density at radius 3 is 2.69 bits per heavy atom. The molecule has 6 nitrogen and oxygen atoms in total. The molecule has 2 unspecified atom stereocenters. The number of amides is 1. The molecule has 0 spiro atoms. The lowest BCUT2D eigenvalue weighted by Gasteiger charge is -2.35.